The largest absolute Gasteiger partial charge is 0.422 e. The third-order valence-electron chi connectivity index (χ3n) is 6.09. The van der Waals surface area contributed by atoms with Crippen LogP contribution in [0.3, 0.4) is 0 Å². The lowest BCUT2D eigenvalue weighted by molar-refractivity contribution is 0.0917. The molecule has 1 aliphatic rings. The van der Waals surface area contributed by atoms with Crippen LogP contribution in [0.5, 0.6) is 0 Å². The van der Waals surface area contributed by atoms with Crippen molar-refractivity contribution in [1.82, 2.24) is 25.2 Å². The molecule has 0 bridgehead atoms. The van der Waals surface area contributed by atoms with E-state index < -0.39 is 25.3 Å². The van der Waals surface area contributed by atoms with Crippen LogP contribution in [0, 0.1) is 0 Å². The normalized spacial score (nSPS) is 15.3. The summed E-state index contributed by atoms with van der Waals surface area (Å²) in [6.45, 7) is -0.386. The molecule has 1 saturated carbocycles. The Labute approximate surface area is 222 Å². The molecule has 2 aromatic carbocycles. The first kappa shape index (κ1) is 26.4. The number of fused-ring (bicyclic) bond motifs is 1. The number of thiazole rings is 1. The summed E-state index contributed by atoms with van der Waals surface area (Å²) in [5.74, 6) is -0.484. The lowest BCUT2D eigenvalue weighted by Crippen LogP contribution is -2.39. The second-order valence-corrected chi connectivity index (χ2v) is 13.6. The molecule has 1 amide bonds. The number of hydrogen-bond acceptors (Lipinski definition) is 10. The van der Waals surface area contributed by atoms with Crippen molar-refractivity contribution in [2.45, 2.75) is 37.1 Å². The molecule has 2 aromatic heterocycles. The Hall–Kier alpha value is -3.24. The summed E-state index contributed by atoms with van der Waals surface area (Å²) in [5.41, 5.74) is 2.83. The van der Waals surface area contributed by atoms with Gasteiger partial charge in [-0.25, -0.2) is 18.5 Å². The monoisotopic (exact) mass is 576 g/mol. The van der Waals surface area contributed by atoms with E-state index in [1.54, 1.807) is 12.1 Å². The predicted octanol–water partition coefficient (Wildman–Crippen LogP) is 2.06. The molecular formula is C23H24N6O6S3. The van der Waals surface area contributed by atoms with Crippen molar-refractivity contribution in [3.63, 3.8) is 0 Å². The van der Waals surface area contributed by atoms with Crippen molar-refractivity contribution in [3.05, 3.63) is 64.8 Å². The van der Waals surface area contributed by atoms with Crippen LogP contribution in [0.4, 0.5) is 0 Å². The quantitative estimate of drug-likeness (QED) is 0.268. The molecule has 1 aliphatic carbocycles. The third-order valence-corrected chi connectivity index (χ3v) is 9.15. The van der Waals surface area contributed by atoms with E-state index in [1.165, 1.54) is 0 Å². The van der Waals surface area contributed by atoms with Gasteiger partial charge in [-0.15, -0.1) is 21.5 Å². The molecule has 38 heavy (non-hydrogen) atoms. The molecule has 0 aliphatic heterocycles. The number of amides is 1. The Morgan fingerprint density at radius 2 is 1.89 bits per heavy atom. The molecule has 200 valence electrons. The molecule has 5 rings (SSSR count). The van der Waals surface area contributed by atoms with E-state index in [4.69, 9.17) is 9.56 Å². The van der Waals surface area contributed by atoms with Gasteiger partial charge in [-0.1, -0.05) is 18.2 Å². The summed E-state index contributed by atoms with van der Waals surface area (Å²) in [5, 5.41) is 14.4. The average Bonchev–Trinajstić information content (AvgIpc) is 3.45. The first-order valence-electron chi connectivity index (χ1n) is 11.6. The smallest absolute Gasteiger partial charge is 0.274 e. The average molecular weight is 577 g/mol. The highest BCUT2D eigenvalue weighted by atomic mass is 32.2. The lowest BCUT2D eigenvalue weighted by atomic mass is 9.93. The second-order valence-electron chi connectivity index (χ2n) is 9.03. The number of carbonyl (C=O) groups is 1. The van der Waals surface area contributed by atoms with Gasteiger partial charge in [-0.2, -0.15) is 13.1 Å². The number of hydrogen-bond donors (Lipinski definition) is 3. The molecule has 0 saturated heterocycles. The Kier molecular flexibility index (Phi) is 7.04. The first-order valence-corrected chi connectivity index (χ1v) is 15.9. The number of rotatable bonds is 9. The van der Waals surface area contributed by atoms with Gasteiger partial charge in [0.05, 0.1) is 16.8 Å². The van der Waals surface area contributed by atoms with Crippen LogP contribution in [0.2, 0.25) is 0 Å². The minimum Gasteiger partial charge on any atom is -0.422 e. The minimum absolute atomic E-state index is 0.105. The first-order chi connectivity index (χ1) is 18.0. The van der Waals surface area contributed by atoms with Crippen LogP contribution in [-0.2, 0) is 26.6 Å². The number of nitrogens with two attached hydrogens (primary N) is 1. The van der Waals surface area contributed by atoms with Gasteiger partial charge < -0.3 is 9.73 Å². The van der Waals surface area contributed by atoms with Crippen molar-refractivity contribution in [2.75, 3.05) is 6.26 Å². The Balaban J connectivity index is 1.43. The number of nitrogens with zero attached hydrogens (tertiary/aromatic N) is 3. The number of benzene rings is 2. The highest BCUT2D eigenvalue weighted by Gasteiger charge is 2.34. The molecule has 15 heteroatoms. The van der Waals surface area contributed by atoms with Crippen LogP contribution in [0.1, 0.15) is 51.7 Å². The summed E-state index contributed by atoms with van der Waals surface area (Å²) in [6, 6.07) is 13.1. The third kappa shape index (κ3) is 5.91. The maximum atomic E-state index is 12.7. The molecule has 12 nitrogen and oxygen atoms in total. The van der Waals surface area contributed by atoms with Gasteiger partial charge in [0, 0.05) is 17.9 Å². The molecule has 0 radical (unpaired) electrons. The van der Waals surface area contributed by atoms with E-state index in [-0.39, 0.29) is 35.3 Å². The van der Waals surface area contributed by atoms with Gasteiger partial charge in [-0.05, 0) is 54.7 Å². The molecule has 2 heterocycles. The zero-order chi connectivity index (χ0) is 27.1. The summed E-state index contributed by atoms with van der Waals surface area (Å²) in [4.78, 5) is 17.1. The van der Waals surface area contributed by atoms with E-state index in [9.17, 15) is 21.6 Å². The van der Waals surface area contributed by atoms with Crippen molar-refractivity contribution >= 4 is 47.5 Å². The number of sulfone groups is 1. The summed E-state index contributed by atoms with van der Waals surface area (Å²) >= 11 is 1.16. The van der Waals surface area contributed by atoms with Gasteiger partial charge in [0.1, 0.15) is 5.01 Å². The fourth-order valence-electron chi connectivity index (χ4n) is 3.97. The zero-order valence-corrected chi connectivity index (χ0v) is 22.6. The van der Waals surface area contributed by atoms with Gasteiger partial charge in [0.15, 0.2) is 15.1 Å². The summed E-state index contributed by atoms with van der Waals surface area (Å²) in [6.07, 6.45) is 4.16. The van der Waals surface area contributed by atoms with Crippen molar-refractivity contribution < 1.29 is 26.0 Å². The Morgan fingerprint density at radius 3 is 2.58 bits per heavy atom. The summed E-state index contributed by atoms with van der Waals surface area (Å²) in [7, 11) is -7.79. The molecule has 1 unspecified atom stereocenters. The molecule has 1 fully saturated rings. The van der Waals surface area contributed by atoms with Gasteiger partial charge in [-0.3, -0.25) is 4.79 Å². The second kappa shape index (κ2) is 10.1. The van der Waals surface area contributed by atoms with Gasteiger partial charge in [0.25, 0.3) is 16.1 Å². The van der Waals surface area contributed by atoms with E-state index >= 15 is 0 Å². The van der Waals surface area contributed by atoms with E-state index in [0.29, 0.717) is 11.1 Å². The number of carbonyl (C=O) groups excluding carboxylic acids is 1. The molecular weight excluding hydrogens is 552 g/mol. The van der Waals surface area contributed by atoms with Crippen LogP contribution in [-0.4, -0.2) is 50.2 Å². The maximum absolute atomic E-state index is 12.7. The lowest BCUT2D eigenvalue weighted by Gasteiger charge is -2.26. The van der Waals surface area contributed by atoms with Gasteiger partial charge in [0.2, 0.25) is 11.8 Å². The number of aromatic nitrogens is 3. The van der Waals surface area contributed by atoms with Crippen LogP contribution >= 0.6 is 11.3 Å². The number of nitrogens with one attached hydrogen (secondary N) is 2. The topological polar surface area (TPSA) is 187 Å². The highest BCUT2D eigenvalue weighted by Crippen LogP contribution is 2.36. The van der Waals surface area contributed by atoms with Crippen LogP contribution in [0.25, 0.3) is 21.3 Å². The predicted molar refractivity (Wildman–Crippen MR) is 141 cm³/mol. The molecule has 4 aromatic rings. The minimum atomic E-state index is -4.00. The Morgan fingerprint density at radius 1 is 1.13 bits per heavy atom. The standard InChI is InChI=1S/C23H24N6O6S3/c1-37(31,32)20(22-29-28-19(35-22)12-25-38(24,33)34)23-27-17-9-8-14(11-18(17)36-23)13-4-2-5-15(10-13)21(30)26-16-6-3-7-16/h2,4-5,8-11,16,20,25H,3,6-7,12H2,1H3,(H,26,30)(H2,24,33,34). The molecule has 0 spiro atoms. The van der Waals surface area contributed by atoms with Crippen molar-refractivity contribution in [1.29, 1.82) is 0 Å². The highest BCUT2D eigenvalue weighted by molar-refractivity contribution is 7.91. The van der Waals surface area contributed by atoms with E-state index in [1.807, 2.05) is 35.1 Å². The van der Waals surface area contributed by atoms with Crippen molar-refractivity contribution in [2.24, 2.45) is 5.14 Å². The van der Waals surface area contributed by atoms with E-state index in [2.05, 4.69) is 20.5 Å². The van der Waals surface area contributed by atoms with Crippen LogP contribution < -0.4 is 15.2 Å². The molecule has 4 N–H and O–H groups in total. The van der Waals surface area contributed by atoms with Crippen LogP contribution in [0.15, 0.2) is 46.9 Å². The van der Waals surface area contributed by atoms with Gasteiger partial charge >= 0.3 is 0 Å². The Bertz CT molecular complexity index is 1730. The molecule has 1 atom stereocenters. The van der Waals surface area contributed by atoms with Crippen molar-refractivity contribution in [3.8, 4) is 11.1 Å². The SMILES string of the molecule is CS(=O)(=O)C(c1nnc(CNS(N)(=O)=O)o1)c1nc2ccc(-c3cccc(C(=O)NC4CCC4)c3)cc2s1. The summed E-state index contributed by atoms with van der Waals surface area (Å²) < 4.78 is 55.8. The van der Waals surface area contributed by atoms with E-state index in [0.717, 1.165) is 52.7 Å². The fourth-order valence-corrected chi connectivity index (χ4v) is 6.83. The maximum Gasteiger partial charge on any atom is 0.274 e. The zero-order valence-electron chi connectivity index (χ0n) is 20.1. The fraction of sp³-hybridized carbons (Fsp3) is 0.304.